The monoisotopic (exact) mass is 357 g/mol. The molecule has 4 aromatic rings. The molecule has 0 fully saturated rings. The molecule has 0 radical (unpaired) electrons. The van der Waals surface area contributed by atoms with Crippen molar-refractivity contribution in [3.63, 3.8) is 0 Å². The van der Waals surface area contributed by atoms with Crippen LogP contribution in [0.25, 0.3) is 22.8 Å². The number of carbonyl (C=O) groups is 1. The fourth-order valence-electron chi connectivity index (χ4n) is 3.16. The lowest BCUT2D eigenvalue weighted by Crippen LogP contribution is -2.25. The van der Waals surface area contributed by atoms with Crippen molar-refractivity contribution >= 4 is 11.6 Å². The molecule has 1 aliphatic heterocycles. The summed E-state index contributed by atoms with van der Waals surface area (Å²) in [5.74, 6) is 1.31. The number of anilines is 1. The second kappa shape index (κ2) is 6.14. The molecule has 27 heavy (non-hydrogen) atoms. The molecule has 2 aromatic heterocycles. The molecule has 0 saturated carbocycles. The first kappa shape index (κ1) is 15.4. The third-order valence-electron chi connectivity index (χ3n) is 4.39. The highest BCUT2D eigenvalue weighted by Gasteiger charge is 2.17. The molecule has 1 aliphatic rings. The molecule has 7 nitrogen and oxygen atoms in total. The molecular formula is C20H15N5O2. The SMILES string of the molecule is O=C1COc2ccc(-n3ccnc3-c3cccc(-n4cccn4)c3)cc2N1. The quantitative estimate of drug-likeness (QED) is 0.612. The van der Waals surface area contributed by atoms with Crippen molar-refractivity contribution in [2.24, 2.45) is 0 Å². The summed E-state index contributed by atoms with van der Waals surface area (Å²) in [7, 11) is 0. The lowest BCUT2D eigenvalue weighted by atomic mass is 10.1. The van der Waals surface area contributed by atoms with Gasteiger partial charge in [0.25, 0.3) is 5.91 Å². The van der Waals surface area contributed by atoms with Crippen LogP contribution in [0.4, 0.5) is 5.69 Å². The van der Waals surface area contributed by atoms with Crippen LogP contribution in [0, 0.1) is 0 Å². The van der Waals surface area contributed by atoms with E-state index >= 15 is 0 Å². The standard InChI is InChI=1S/C20H15N5O2/c26-19-13-27-18-6-5-15(12-17(18)23-19)24-10-8-21-20(24)14-3-1-4-16(11-14)25-9-2-7-22-25/h1-12H,13H2,(H,23,26). The molecule has 7 heteroatoms. The fraction of sp³-hybridized carbons (Fsp3) is 0.0500. The van der Waals surface area contributed by atoms with E-state index < -0.39 is 0 Å². The van der Waals surface area contributed by atoms with E-state index in [9.17, 15) is 4.79 Å². The third-order valence-corrected chi connectivity index (χ3v) is 4.39. The van der Waals surface area contributed by atoms with Crippen LogP contribution in [0.2, 0.25) is 0 Å². The zero-order chi connectivity index (χ0) is 18.2. The number of amides is 1. The zero-order valence-electron chi connectivity index (χ0n) is 14.2. The Morgan fingerprint density at radius 2 is 1.96 bits per heavy atom. The van der Waals surface area contributed by atoms with Crippen LogP contribution in [0.15, 0.2) is 73.3 Å². The Hall–Kier alpha value is -3.87. The highest BCUT2D eigenvalue weighted by Crippen LogP contribution is 2.31. The number of carbonyl (C=O) groups excluding carboxylic acids is 1. The number of benzene rings is 2. The molecule has 5 rings (SSSR count). The summed E-state index contributed by atoms with van der Waals surface area (Å²) in [6, 6.07) is 15.6. The van der Waals surface area contributed by atoms with Crippen LogP contribution < -0.4 is 10.1 Å². The average Bonchev–Trinajstić information content (AvgIpc) is 3.39. The van der Waals surface area contributed by atoms with Gasteiger partial charge in [-0.3, -0.25) is 9.36 Å². The lowest BCUT2D eigenvalue weighted by Gasteiger charge is -2.19. The van der Waals surface area contributed by atoms with Crippen molar-refractivity contribution < 1.29 is 9.53 Å². The van der Waals surface area contributed by atoms with Crippen LogP contribution in [0.5, 0.6) is 5.75 Å². The van der Waals surface area contributed by atoms with Crippen molar-refractivity contribution in [3.05, 3.63) is 73.3 Å². The van der Waals surface area contributed by atoms with E-state index in [0.29, 0.717) is 11.4 Å². The van der Waals surface area contributed by atoms with Gasteiger partial charge in [-0.05, 0) is 36.4 Å². The second-order valence-electron chi connectivity index (χ2n) is 6.14. The van der Waals surface area contributed by atoms with Gasteiger partial charge < -0.3 is 10.1 Å². The summed E-state index contributed by atoms with van der Waals surface area (Å²) in [5.41, 5.74) is 3.47. The van der Waals surface area contributed by atoms with Crippen LogP contribution in [0.1, 0.15) is 0 Å². The van der Waals surface area contributed by atoms with Crippen molar-refractivity contribution in [1.29, 1.82) is 0 Å². The van der Waals surface area contributed by atoms with Crippen molar-refractivity contribution in [3.8, 4) is 28.5 Å². The van der Waals surface area contributed by atoms with Crippen LogP contribution in [-0.2, 0) is 4.79 Å². The average molecular weight is 357 g/mol. The van der Waals surface area contributed by atoms with E-state index in [1.54, 1.807) is 12.4 Å². The van der Waals surface area contributed by atoms with E-state index in [1.807, 2.05) is 70.2 Å². The van der Waals surface area contributed by atoms with Crippen molar-refractivity contribution in [2.75, 3.05) is 11.9 Å². The van der Waals surface area contributed by atoms with Gasteiger partial charge in [-0.2, -0.15) is 5.10 Å². The lowest BCUT2D eigenvalue weighted by molar-refractivity contribution is -0.118. The normalized spacial score (nSPS) is 13.0. The minimum atomic E-state index is -0.155. The van der Waals surface area contributed by atoms with Gasteiger partial charge in [0.1, 0.15) is 11.6 Å². The van der Waals surface area contributed by atoms with Gasteiger partial charge in [-0.15, -0.1) is 0 Å². The first-order valence-electron chi connectivity index (χ1n) is 8.49. The van der Waals surface area contributed by atoms with Gasteiger partial charge in [-0.25, -0.2) is 9.67 Å². The summed E-state index contributed by atoms with van der Waals surface area (Å²) < 4.78 is 9.22. The van der Waals surface area contributed by atoms with Gasteiger partial charge >= 0.3 is 0 Å². The number of imidazole rings is 1. The Bertz CT molecular complexity index is 1130. The van der Waals surface area contributed by atoms with Gasteiger partial charge in [0.05, 0.1) is 11.4 Å². The molecular weight excluding hydrogens is 342 g/mol. The molecule has 132 valence electrons. The first-order valence-corrected chi connectivity index (χ1v) is 8.49. The Morgan fingerprint density at radius 1 is 1.00 bits per heavy atom. The van der Waals surface area contributed by atoms with E-state index in [-0.39, 0.29) is 12.5 Å². The number of hydrogen-bond acceptors (Lipinski definition) is 4. The maximum atomic E-state index is 11.6. The van der Waals surface area contributed by atoms with Gasteiger partial charge in [0, 0.05) is 36.0 Å². The Kier molecular flexibility index (Phi) is 3.50. The molecule has 0 aliphatic carbocycles. The maximum Gasteiger partial charge on any atom is 0.262 e. The molecule has 0 spiro atoms. The van der Waals surface area contributed by atoms with E-state index in [2.05, 4.69) is 15.4 Å². The fourth-order valence-corrected chi connectivity index (χ4v) is 3.16. The number of nitrogens with one attached hydrogen (secondary N) is 1. The predicted octanol–water partition coefficient (Wildman–Crippen LogP) is 3.06. The van der Waals surface area contributed by atoms with E-state index in [0.717, 1.165) is 22.8 Å². The summed E-state index contributed by atoms with van der Waals surface area (Å²) >= 11 is 0. The minimum Gasteiger partial charge on any atom is -0.482 e. The van der Waals surface area contributed by atoms with E-state index in [1.165, 1.54) is 0 Å². The van der Waals surface area contributed by atoms with Crippen LogP contribution in [0.3, 0.4) is 0 Å². The highest BCUT2D eigenvalue weighted by atomic mass is 16.5. The molecule has 1 N–H and O–H groups in total. The molecule has 3 heterocycles. The molecule has 2 aromatic carbocycles. The van der Waals surface area contributed by atoms with Crippen molar-refractivity contribution in [1.82, 2.24) is 19.3 Å². The minimum absolute atomic E-state index is 0.0445. The Morgan fingerprint density at radius 3 is 2.85 bits per heavy atom. The zero-order valence-corrected chi connectivity index (χ0v) is 14.2. The smallest absolute Gasteiger partial charge is 0.262 e. The molecule has 0 unspecified atom stereocenters. The van der Waals surface area contributed by atoms with Gasteiger partial charge in [-0.1, -0.05) is 12.1 Å². The summed E-state index contributed by atoms with van der Waals surface area (Å²) in [4.78, 5) is 16.1. The Labute approximate surface area is 154 Å². The molecule has 1 amide bonds. The summed E-state index contributed by atoms with van der Waals surface area (Å²) in [6.45, 7) is 0.0445. The molecule has 0 atom stereocenters. The number of rotatable bonds is 3. The number of ether oxygens (including phenoxy) is 1. The van der Waals surface area contributed by atoms with Gasteiger partial charge in [0.15, 0.2) is 6.61 Å². The predicted molar refractivity (Wildman–Crippen MR) is 100 cm³/mol. The molecule has 0 bridgehead atoms. The number of nitrogens with zero attached hydrogens (tertiary/aromatic N) is 4. The largest absolute Gasteiger partial charge is 0.482 e. The number of aromatic nitrogens is 4. The summed E-state index contributed by atoms with van der Waals surface area (Å²) in [6.07, 6.45) is 7.29. The van der Waals surface area contributed by atoms with Crippen LogP contribution >= 0.6 is 0 Å². The highest BCUT2D eigenvalue weighted by molar-refractivity contribution is 5.95. The van der Waals surface area contributed by atoms with E-state index in [4.69, 9.17) is 4.74 Å². The number of hydrogen-bond donors (Lipinski definition) is 1. The number of fused-ring (bicyclic) bond motifs is 1. The van der Waals surface area contributed by atoms with Crippen molar-refractivity contribution in [2.45, 2.75) is 0 Å². The first-order chi connectivity index (χ1) is 13.3. The summed E-state index contributed by atoms with van der Waals surface area (Å²) in [5, 5.41) is 7.12. The second-order valence-corrected chi connectivity index (χ2v) is 6.14. The van der Waals surface area contributed by atoms with Gasteiger partial charge in [0.2, 0.25) is 0 Å². The topological polar surface area (TPSA) is 74.0 Å². The maximum absolute atomic E-state index is 11.6. The molecule has 0 saturated heterocycles. The Balaban J connectivity index is 1.57. The van der Waals surface area contributed by atoms with Crippen LogP contribution in [-0.4, -0.2) is 31.8 Å². The third kappa shape index (κ3) is 2.75.